The zero-order valence-electron chi connectivity index (χ0n) is 14.4. The summed E-state index contributed by atoms with van der Waals surface area (Å²) in [6, 6.07) is 9.78. The molecule has 0 unspecified atom stereocenters. The van der Waals surface area contributed by atoms with E-state index in [4.69, 9.17) is 0 Å². The molecule has 26 heavy (non-hydrogen) atoms. The molecule has 0 aliphatic rings. The first-order valence-corrected chi connectivity index (χ1v) is 9.39. The zero-order chi connectivity index (χ0) is 19.3. The largest absolute Gasteiger partial charge is 0.352 e. The van der Waals surface area contributed by atoms with E-state index < -0.39 is 20.9 Å². The third-order valence-electron chi connectivity index (χ3n) is 3.62. The number of nitrogens with zero attached hydrogens (tertiary/aromatic N) is 1. The quantitative estimate of drug-likeness (QED) is 0.568. The first kappa shape index (κ1) is 19.4. The average molecular weight is 377 g/mol. The highest BCUT2D eigenvalue weighted by molar-refractivity contribution is 7.92. The van der Waals surface area contributed by atoms with Crippen molar-refractivity contribution in [3.05, 3.63) is 63.7 Å². The second-order valence-electron chi connectivity index (χ2n) is 5.61. The number of amides is 1. The van der Waals surface area contributed by atoms with Crippen LogP contribution in [0.25, 0.3) is 0 Å². The average Bonchev–Trinajstić information content (AvgIpc) is 2.59. The summed E-state index contributed by atoms with van der Waals surface area (Å²) in [6.45, 7) is 3.90. The highest BCUT2D eigenvalue weighted by Crippen LogP contribution is 2.25. The van der Waals surface area contributed by atoms with Gasteiger partial charge in [0.05, 0.1) is 21.1 Å². The molecule has 0 aliphatic heterocycles. The summed E-state index contributed by atoms with van der Waals surface area (Å²) in [4.78, 5) is 22.3. The van der Waals surface area contributed by atoms with Crippen LogP contribution in [0, 0.1) is 17.0 Å². The Hall–Kier alpha value is -2.94. The summed E-state index contributed by atoms with van der Waals surface area (Å²) in [5.74, 6) is -0.402. The number of carbonyl (C=O) groups is 1. The highest BCUT2D eigenvalue weighted by Gasteiger charge is 2.22. The number of non-ortho nitro benzene ring substituents is 1. The highest BCUT2D eigenvalue weighted by atomic mass is 32.2. The van der Waals surface area contributed by atoms with Gasteiger partial charge in [-0.2, -0.15) is 0 Å². The van der Waals surface area contributed by atoms with Crippen LogP contribution in [0.1, 0.15) is 29.3 Å². The van der Waals surface area contributed by atoms with Crippen LogP contribution in [0.3, 0.4) is 0 Å². The Labute approximate surface area is 151 Å². The second kappa shape index (κ2) is 7.96. The Morgan fingerprint density at radius 1 is 1.19 bits per heavy atom. The Kier molecular flexibility index (Phi) is 5.93. The second-order valence-corrected chi connectivity index (χ2v) is 7.26. The van der Waals surface area contributed by atoms with E-state index in [1.54, 1.807) is 12.1 Å². The Balaban J connectivity index is 2.41. The fourth-order valence-electron chi connectivity index (χ4n) is 2.30. The van der Waals surface area contributed by atoms with E-state index in [2.05, 4.69) is 10.0 Å². The molecule has 0 fully saturated rings. The van der Waals surface area contributed by atoms with Crippen LogP contribution in [-0.2, 0) is 10.0 Å². The molecule has 2 aromatic rings. The predicted octanol–water partition coefficient (Wildman–Crippen LogP) is 2.84. The first-order valence-electron chi connectivity index (χ1n) is 7.91. The minimum absolute atomic E-state index is 0.104. The van der Waals surface area contributed by atoms with Gasteiger partial charge in [-0.3, -0.25) is 19.6 Å². The van der Waals surface area contributed by atoms with Crippen molar-refractivity contribution in [3.63, 3.8) is 0 Å². The molecule has 2 rings (SSSR count). The molecule has 0 saturated heterocycles. The van der Waals surface area contributed by atoms with Crippen molar-refractivity contribution in [3.8, 4) is 0 Å². The molecule has 0 spiro atoms. The molecule has 0 aromatic heterocycles. The zero-order valence-corrected chi connectivity index (χ0v) is 15.2. The maximum Gasteiger partial charge on any atom is 0.270 e. The van der Waals surface area contributed by atoms with Crippen molar-refractivity contribution < 1.29 is 18.1 Å². The number of nitro groups is 1. The van der Waals surface area contributed by atoms with Gasteiger partial charge in [0, 0.05) is 18.7 Å². The van der Waals surface area contributed by atoms with E-state index in [0.29, 0.717) is 12.1 Å². The molecule has 0 saturated carbocycles. The van der Waals surface area contributed by atoms with Crippen molar-refractivity contribution in [1.29, 1.82) is 0 Å². The van der Waals surface area contributed by atoms with E-state index in [1.807, 2.05) is 6.92 Å². The summed E-state index contributed by atoms with van der Waals surface area (Å²) in [5.41, 5.74) is 0.306. The molecule has 1 amide bonds. The summed E-state index contributed by atoms with van der Waals surface area (Å²) in [5, 5.41) is 13.6. The van der Waals surface area contributed by atoms with Crippen molar-refractivity contribution in [2.24, 2.45) is 0 Å². The summed E-state index contributed by atoms with van der Waals surface area (Å²) < 4.78 is 27.8. The number of aryl methyl sites for hydroxylation is 1. The van der Waals surface area contributed by atoms with Crippen LogP contribution in [0.5, 0.6) is 0 Å². The third kappa shape index (κ3) is 4.37. The Bertz CT molecular complexity index is 941. The van der Waals surface area contributed by atoms with Crippen molar-refractivity contribution in [2.45, 2.75) is 25.2 Å². The molecule has 138 valence electrons. The lowest BCUT2D eigenvalue weighted by atomic mass is 10.1. The summed E-state index contributed by atoms with van der Waals surface area (Å²) >= 11 is 0. The molecule has 2 N–H and O–H groups in total. The van der Waals surface area contributed by atoms with Gasteiger partial charge in [-0.15, -0.1) is 0 Å². The molecule has 0 bridgehead atoms. The molecule has 2 aromatic carbocycles. The molecule has 9 heteroatoms. The lowest BCUT2D eigenvalue weighted by molar-refractivity contribution is -0.385. The number of anilines is 1. The van der Waals surface area contributed by atoms with Crippen molar-refractivity contribution >= 4 is 27.3 Å². The monoisotopic (exact) mass is 377 g/mol. The number of nitrogens with one attached hydrogen (secondary N) is 2. The number of carbonyl (C=O) groups excluding carboxylic acids is 1. The van der Waals surface area contributed by atoms with Crippen LogP contribution in [0.15, 0.2) is 47.4 Å². The van der Waals surface area contributed by atoms with Gasteiger partial charge in [0.1, 0.15) is 0 Å². The van der Waals surface area contributed by atoms with Gasteiger partial charge in [0.15, 0.2) is 0 Å². The Morgan fingerprint density at radius 2 is 1.88 bits per heavy atom. The van der Waals surface area contributed by atoms with Gasteiger partial charge in [0.25, 0.3) is 21.6 Å². The smallest absolute Gasteiger partial charge is 0.270 e. The van der Waals surface area contributed by atoms with Gasteiger partial charge >= 0.3 is 0 Å². The molecular formula is C17H19N3O5S. The molecule has 0 radical (unpaired) electrons. The van der Waals surface area contributed by atoms with E-state index in [9.17, 15) is 23.3 Å². The number of rotatable bonds is 7. The molecule has 0 aliphatic carbocycles. The predicted molar refractivity (Wildman–Crippen MR) is 97.7 cm³/mol. The first-order chi connectivity index (χ1) is 12.3. The van der Waals surface area contributed by atoms with Crippen LogP contribution in [0.2, 0.25) is 0 Å². The van der Waals surface area contributed by atoms with Crippen molar-refractivity contribution in [2.75, 3.05) is 11.3 Å². The normalized spacial score (nSPS) is 11.0. The standard InChI is InChI=1S/C17H19N3O5S/c1-3-10-18-17(21)14-6-4-5-7-15(14)19-26(24,25)16-11-13(20(22)23)9-8-12(16)2/h4-9,11,19H,3,10H2,1-2H3,(H,18,21). The number of nitro benzene ring substituents is 1. The van der Waals surface area contributed by atoms with Crippen molar-refractivity contribution in [1.82, 2.24) is 5.32 Å². The van der Waals surface area contributed by atoms with Gasteiger partial charge in [0.2, 0.25) is 0 Å². The van der Waals surface area contributed by atoms with Gasteiger partial charge in [-0.25, -0.2) is 8.42 Å². The number of hydrogen-bond acceptors (Lipinski definition) is 5. The number of sulfonamides is 1. The van der Waals surface area contributed by atoms with E-state index in [-0.39, 0.29) is 21.8 Å². The van der Waals surface area contributed by atoms with E-state index in [0.717, 1.165) is 12.5 Å². The van der Waals surface area contributed by atoms with Gasteiger partial charge < -0.3 is 5.32 Å². The summed E-state index contributed by atoms with van der Waals surface area (Å²) in [7, 11) is -4.11. The molecule has 8 nitrogen and oxygen atoms in total. The SMILES string of the molecule is CCCNC(=O)c1ccccc1NS(=O)(=O)c1cc([N+](=O)[O-])ccc1C. The molecular weight excluding hydrogens is 358 g/mol. The van der Waals surface area contributed by atoms with Crippen LogP contribution in [-0.4, -0.2) is 25.8 Å². The number of hydrogen-bond donors (Lipinski definition) is 2. The number of para-hydroxylation sites is 1. The minimum Gasteiger partial charge on any atom is -0.352 e. The topological polar surface area (TPSA) is 118 Å². The Morgan fingerprint density at radius 3 is 2.54 bits per heavy atom. The minimum atomic E-state index is -4.11. The van der Waals surface area contributed by atoms with E-state index in [1.165, 1.54) is 31.2 Å². The van der Waals surface area contributed by atoms with Crippen LogP contribution < -0.4 is 10.0 Å². The fourth-order valence-corrected chi connectivity index (χ4v) is 3.64. The lowest BCUT2D eigenvalue weighted by Gasteiger charge is -2.13. The summed E-state index contributed by atoms with van der Waals surface area (Å²) in [6.07, 6.45) is 0.743. The van der Waals surface area contributed by atoms with E-state index >= 15 is 0 Å². The van der Waals surface area contributed by atoms with Gasteiger partial charge in [-0.1, -0.05) is 25.1 Å². The van der Waals surface area contributed by atoms with Gasteiger partial charge in [-0.05, 0) is 31.0 Å². The third-order valence-corrected chi connectivity index (χ3v) is 5.13. The van der Waals surface area contributed by atoms with Crippen LogP contribution in [0.4, 0.5) is 11.4 Å². The molecule has 0 heterocycles. The molecule has 0 atom stereocenters. The number of benzene rings is 2. The fraction of sp³-hybridized carbons (Fsp3) is 0.235. The maximum atomic E-state index is 12.7. The lowest BCUT2D eigenvalue weighted by Crippen LogP contribution is -2.26. The van der Waals surface area contributed by atoms with Crippen LogP contribution >= 0.6 is 0 Å². The maximum absolute atomic E-state index is 12.7.